The Labute approximate surface area is 141 Å². The Balaban J connectivity index is 2.04. The predicted octanol–water partition coefficient (Wildman–Crippen LogP) is 2.81. The second-order valence-corrected chi connectivity index (χ2v) is 5.32. The van der Waals surface area contributed by atoms with E-state index < -0.39 is 11.8 Å². The van der Waals surface area contributed by atoms with E-state index in [0.29, 0.717) is 11.4 Å². The molecule has 0 bridgehead atoms. The Kier molecular flexibility index (Phi) is 5.89. The molecule has 2 rings (SSSR count). The molecule has 1 aromatic heterocycles. The Morgan fingerprint density at radius 3 is 2.38 bits per heavy atom. The fourth-order valence-corrected chi connectivity index (χ4v) is 2.38. The molecular weight excluding hydrogens is 304 g/mol. The summed E-state index contributed by atoms with van der Waals surface area (Å²) in [5.74, 6) is -1.44. The summed E-state index contributed by atoms with van der Waals surface area (Å²) in [5, 5.41) is 5.15. The van der Waals surface area contributed by atoms with E-state index >= 15 is 0 Å². The Hall–Kier alpha value is -2.89. The van der Waals surface area contributed by atoms with Gasteiger partial charge in [-0.1, -0.05) is 0 Å². The topological polar surface area (TPSA) is 74.3 Å². The largest absolute Gasteiger partial charge is 0.372 e. The summed E-state index contributed by atoms with van der Waals surface area (Å²) in [6, 6.07) is 9.11. The van der Waals surface area contributed by atoms with Crippen molar-refractivity contribution in [3.63, 3.8) is 0 Å². The van der Waals surface area contributed by atoms with Gasteiger partial charge in [0.15, 0.2) is 0 Å². The molecule has 0 fully saturated rings. The van der Waals surface area contributed by atoms with Crippen molar-refractivity contribution in [3.8, 4) is 0 Å². The molecule has 2 amide bonds. The highest BCUT2D eigenvalue weighted by Crippen LogP contribution is 2.22. The quantitative estimate of drug-likeness (QED) is 0.829. The van der Waals surface area contributed by atoms with Gasteiger partial charge in [0.2, 0.25) is 0 Å². The number of pyridine rings is 1. The maximum atomic E-state index is 12.0. The van der Waals surface area contributed by atoms with Crippen LogP contribution in [0.25, 0.3) is 0 Å². The molecule has 1 aromatic carbocycles. The minimum absolute atomic E-state index is 0.478. The summed E-state index contributed by atoms with van der Waals surface area (Å²) in [4.78, 5) is 30.1. The lowest BCUT2D eigenvalue weighted by atomic mass is 10.1. The first-order chi connectivity index (χ1) is 11.5. The third-order valence-electron chi connectivity index (χ3n) is 3.71. The van der Waals surface area contributed by atoms with E-state index in [1.807, 2.05) is 25.1 Å². The summed E-state index contributed by atoms with van der Waals surface area (Å²) in [7, 11) is 0. The van der Waals surface area contributed by atoms with Gasteiger partial charge in [-0.15, -0.1) is 0 Å². The summed E-state index contributed by atoms with van der Waals surface area (Å²) < 4.78 is 0. The van der Waals surface area contributed by atoms with Gasteiger partial charge in [0.1, 0.15) is 0 Å². The molecule has 126 valence electrons. The van der Waals surface area contributed by atoms with E-state index in [9.17, 15) is 9.59 Å². The van der Waals surface area contributed by atoms with Crippen LogP contribution in [0, 0.1) is 6.92 Å². The minimum atomic E-state index is -0.727. The maximum Gasteiger partial charge on any atom is 0.314 e. The molecule has 0 aliphatic rings. The molecule has 0 atom stereocenters. The van der Waals surface area contributed by atoms with Gasteiger partial charge in [-0.2, -0.15) is 0 Å². The third kappa shape index (κ3) is 4.32. The van der Waals surface area contributed by atoms with Crippen molar-refractivity contribution in [3.05, 3.63) is 48.3 Å². The minimum Gasteiger partial charge on any atom is -0.372 e. The summed E-state index contributed by atoms with van der Waals surface area (Å²) in [6.07, 6.45) is 3.08. The molecular formula is C18H22N4O2. The van der Waals surface area contributed by atoms with Crippen LogP contribution in [0.5, 0.6) is 0 Å². The monoisotopic (exact) mass is 326 g/mol. The van der Waals surface area contributed by atoms with Crippen molar-refractivity contribution >= 4 is 28.9 Å². The summed E-state index contributed by atoms with van der Waals surface area (Å²) in [6.45, 7) is 7.92. The molecule has 1 heterocycles. The van der Waals surface area contributed by atoms with Crippen LogP contribution in [0.1, 0.15) is 19.4 Å². The van der Waals surface area contributed by atoms with Crippen LogP contribution < -0.4 is 15.5 Å². The third-order valence-corrected chi connectivity index (χ3v) is 3.71. The fraction of sp³-hybridized carbons (Fsp3) is 0.278. The number of nitrogens with zero attached hydrogens (tertiary/aromatic N) is 2. The number of benzene rings is 1. The molecule has 2 aromatic rings. The fourth-order valence-electron chi connectivity index (χ4n) is 2.38. The van der Waals surface area contributed by atoms with E-state index in [-0.39, 0.29) is 0 Å². The number of anilines is 3. The number of aryl methyl sites for hydroxylation is 1. The molecule has 24 heavy (non-hydrogen) atoms. The van der Waals surface area contributed by atoms with Crippen LogP contribution in [0.3, 0.4) is 0 Å². The van der Waals surface area contributed by atoms with Gasteiger partial charge in [0.25, 0.3) is 0 Å². The number of hydrogen-bond donors (Lipinski definition) is 2. The number of rotatable bonds is 5. The van der Waals surface area contributed by atoms with Crippen LogP contribution >= 0.6 is 0 Å². The van der Waals surface area contributed by atoms with Crippen molar-refractivity contribution in [1.29, 1.82) is 0 Å². The standard InChI is InChI=1S/C18H22N4O2/c1-4-22(5-2)15-8-9-16(13(3)11-15)21-18(24)17(23)20-14-7-6-10-19-12-14/h6-12H,4-5H2,1-3H3,(H,20,23)(H,21,24). The van der Waals surface area contributed by atoms with Crippen molar-refractivity contribution < 1.29 is 9.59 Å². The average Bonchev–Trinajstić information content (AvgIpc) is 2.59. The van der Waals surface area contributed by atoms with E-state index in [4.69, 9.17) is 0 Å². The lowest BCUT2D eigenvalue weighted by Gasteiger charge is -2.22. The smallest absolute Gasteiger partial charge is 0.314 e. The lowest BCUT2D eigenvalue weighted by molar-refractivity contribution is -0.133. The van der Waals surface area contributed by atoms with Crippen LogP contribution in [0.4, 0.5) is 17.1 Å². The van der Waals surface area contributed by atoms with Crippen molar-refractivity contribution in [2.45, 2.75) is 20.8 Å². The van der Waals surface area contributed by atoms with Crippen molar-refractivity contribution in [1.82, 2.24) is 4.98 Å². The van der Waals surface area contributed by atoms with E-state index in [2.05, 4.69) is 34.4 Å². The molecule has 0 saturated carbocycles. The molecule has 6 nitrogen and oxygen atoms in total. The highest BCUT2D eigenvalue weighted by atomic mass is 16.2. The predicted molar refractivity (Wildman–Crippen MR) is 96.2 cm³/mol. The molecule has 0 spiro atoms. The van der Waals surface area contributed by atoms with Gasteiger partial charge in [-0.3, -0.25) is 14.6 Å². The van der Waals surface area contributed by atoms with Crippen LogP contribution in [0.2, 0.25) is 0 Å². The SMILES string of the molecule is CCN(CC)c1ccc(NC(=O)C(=O)Nc2cccnc2)c(C)c1. The Morgan fingerprint density at radius 2 is 1.79 bits per heavy atom. The summed E-state index contributed by atoms with van der Waals surface area (Å²) in [5.41, 5.74) is 3.10. The van der Waals surface area contributed by atoms with E-state index in [1.165, 1.54) is 6.20 Å². The normalized spacial score (nSPS) is 10.1. The zero-order valence-corrected chi connectivity index (χ0v) is 14.2. The first-order valence-corrected chi connectivity index (χ1v) is 7.93. The molecule has 6 heteroatoms. The first-order valence-electron chi connectivity index (χ1n) is 7.93. The van der Waals surface area contributed by atoms with Crippen molar-refractivity contribution in [2.24, 2.45) is 0 Å². The number of carbonyl (C=O) groups excluding carboxylic acids is 2. The van der Waals surface area contributed by atoms with Gasteiger partial charge in [0.05, 0.1) is 11.9 Å². The summed E-state index contributed by atoms with van der Waals surface area (Å²) >= 11 is 0. The molecule has 0 unspecified atom stereocenters. The van der Waals surface area contributed by atoms with Gasteiger partial charge < -0.3 is 15.5 Å². The maximum absolute atomic E-state index is 12.0. The van der Waals surface area contributed by atoms with Gasteiger partial charge in [0, 0.05) is 30.7 Å². The second kappa shape index (κ2) is 8.10. The average molecular weight is 326 g/mol. The molecule has 0 saturated heterocycles. The number of carbonyl (C=O) groups is 2. The van der Waals surface area contributed by atoms with Gasteiger partial charge in [-0.05, 0) is 56.7 Å². The number of hydrogen-bond acceptors (Lipinski definition) is 4. The molecule has 2 N–H and O–H groups in total. The second-order valence-electron chi connectivity index (χ2n) is 5.32. The van der Waals surface area contributed by atoms with Gasteiger partial charge in [-0.25, -0.2) is 0 Å². The van der Waals surface area contributed by atoms with E-state index in [1.54, 1.807) is 18.3 Å². The highest BCUT2D eigenvalue weighted by Gasteiger charge is 2.15. The van der Waals surface area contributed by atoms with Crippen LogP contribution in [-0.2, 0) is 9.59 Å². The number of nitrogens with one attached hydrogen (secondary N) is 2. The molecule has 0 aliphatic heterocycles. The van der Waals surface area contributed by atoms with Crippen molar-refractivity contribution in [2.75, 3.05) is 28.6 Å². The zero-order chi connectivity index (χ0) is 17.5. The lowest BCUT2D eigenvalue weighted by Crippen LogP contribution is -2.29. The highest BCUT2D eigenvalue weighted by molar-refractivity contribution is 6.43. The zero-order valence-electron chi connectivity index (χ0n) is 14.2. The Bertz CT molecular complexity index is 712. The number of aromatic nitrogens is 1. The van der Waals surface area contributed by atoms with Crippen LogP contribution in [0.15, 0.2) is 42.7 Å². The number of amides is 2. The molecule has 0 radical (unpaired) electrons. The van der Waals surface area contributed by atoms with Gasteiger partial charge >= 0.3 is 11.8 Å². The van der Waals surface area contributed by atoms with E-state index in [0.717, 1.165) is 24.3 Å². The Morgan fingerprint density at radius 1 is 1.08 bits per heavy atom. The first kappa shape index (κ1) is 17.5. The van der Waals surface area contributed by atoms with Crippen LogP contribution in [-0.4, -0.2) is 29.9 Å². The molecule has 0 aliphatic carbocycles.